The third-order valence-electron chi connectivity index (χ3n) is 3.47. The van der Waals surface area contributed by atoms with Crippen LogP contribution in [-0.2, 0) is 6.54 Å². The van der Waals surface area contributed by atoms with Gasteiger partial charge in [-0.1, -0.05) is 6.92 Å². The topological polar surface area (TPSA) is 34.0 Å². The monoisotopic (exact) mass is 298 g/mol. The molecule has 1 aliphatic carbocycles. The van der Waals surface area contributed by atoms with Crippen molar-refractivity contribution in [3.8, 4) is 0 Å². The number of nitrogens with zero attached hydrogens (tertiary/aromatic N) is 1. The van der Waals surface area contributed by atoms with Crippen LogP contribution in [0.3, 0.4) is 0 Å². The van der Waals surface area contributed by atoms with E-state index < -0.39 is 0 Å². The minimum Gasteiger partial charge on any atom is -0.348 e. The minimum atomic E-state index is 0.0525. The Morgan fingerprint density at radius 1 is 1.59 bits per heavy atom. The molecule has 0 radical (unpaired) electrons. The molecule has 2 unspecified atom stereocenters. The maximum Gasteiger partial charge on any atom is 0.268 e. The largest absolute Gasteiger partial charge is 0.348 e. The standard InChI is InChI=1S/C13H19BrN2O/c1-3-16-8-10(14)7-12(16)13(17)15-11-5-4-9(2)6-11/h7-9,11H,3-6H2,1-2H3,(H,15,17). The Hall–Kier alpha value is -0.770. The maximum atomic E-state index is 12.1. The van der Waals surface area contributed by atoms with Gasteiger partial charge in [-0.05, 0) is 54.1 Å². The van der Waals surface area contributed by atoms with Gasteiger partial charge in [-0.3, -0.25) is 4.79 Å². The van der Waals surface area contributed by atoms with Crippen molar-refractivity contribution in [1.82, 2.24) is 9.88 Å². The summed E-state index contributed by atoms with van der Waals surface area (Å²) in [6.07, 6.45) is 5.40. The van der Waals surface area contributed by atoms with Crippen molar-refractivity contribution in [3.63, 3.8) is 0 Å². The molecule has 4 heteroatoms. The van der Waals surface area contributed by atoms with Gasteiger partial charge in [-0.15, -0.1) is 0 Å². The number of hydrogen-bond acceptors (Lipinski definition) is 1. The maximum absolute atomic E-state index is 12.1. The number of halogens is 1. The SMILES string of the molecule is CCn1cc(Br)cc1C(=O)NC1CCC(C)C1. The first-order valence-electron chi connectivity index (χ1n) is 6.26. The molecule has 0 aliphatic heterocycles. The van der Waals surface area contributed by atoms with Crippen LogP contribution in [0.1, 0.15) is 43.6 Å². The van der Waals surface area contributed by atoms with Crippen LogP contribution < -0.4 is 5.32 Å². The minimum absolute atomic E-state index is 0.0525. The zero-order valence-corrected chi connectivity index (χ0v) is 12.0. The molecule has 0 spiro atoms. The Morgan fingerprint density at radius 3 is 2.94 bits per heavy atom. The Kier molecular flexibility index (Phi) is 3.92. The van der Waals surface area contributed by atoms with Crippen LogP contribution in [0.25, 0.3) is 0 Å². The zero-order chi connectivity index (χ0) is 12.4. The van der Waals surface area contributed by atoms with E-state index in [4.69, 9.17) is 0 Å². The second-order valence-corrected chi connectivity index (χ2v) is 5.83. The molecule has 1 N–H and O–H groups in total. The van der Waals surface area contributed by atoms with Gasteiger partial charge in [0.1, 0.15) is 5.69 Å². The van der Waals surface area contributed by atoms with Crippen molar-refractivity contribution in [2.24, 2.45) is 5.92 Å². The highest BCUT2D eigenvalue weighted by Gasteiger charge is 2.24. The molecule has 1 fully saturated rings. The highest BCUT2D eigenvalue weighted by molar-refractivity contribution is 9.10. The molecular weight excluding hydrogens is 280 g/mol. The van der Waals surface area contributed by atoms with Gasteiger partial charge in [0.25, 0.3) is 5.91 Å². The Morgan fingerprint density at radius 2 is 2.35 bits per heavy atom. The first-order chi connectivity index (χ1) is 8.10. The number of carbonyl (C=O) groups excluding carboxylic acids is 1. The van der Waals surface area contributed by atoms with Crippen molar-refractivity contribution in [1.29, 1.82) is 0 Å². The summed E-state index contributed by atoms with van der Waals surface area (Å²) in [4.78, 5) is 12.1. The fourth-order valence-corrected chi connectivity index (χ4v) is 2.99. The second kappa shape index (κ2) is 5.25. The number of aromatic nitrogens is 1. The van der Waals surface area contributed by atoms with Crippen molar-refractivity contribution in [2.45, 2.75) is 45.7 Å². The third-order valence-corrected chi connectivity index (χ3v) is 3.90. The molecule has 1 aliphatic rings. The molecular formula is C13H19BrN2O. The van der Waals surface area contributed by atoms with Gasteiger partial charge in [-0.25, -0.2) is 0 Å². The fraction of sp³-hybridized carbons (Fsp3) is 0.615. The fourth-order valence-electron chi connectivity index (χ4n) is 2.52. The zero-order valence-electron chi connectivity index (χ0n) is 10.4. The molecule has 0 aromatic carbocycles. The lowest BCUT2D eigenvalue weighted by atomic mass is 10.1. The molecule has 94 valence electrons. The molecule has 3 nitrogen and oxygen atoms in total. The van der Waals surface area contributed by atoms with Crippen LogP contribution in [0.4, 0.5) is 0 Å². The van der Waals surface area contributed by atoms with Gasteiger partial charge in [-0.2, -0.15) is 0 Å². The summed E-state index contributed by atoms with van der Waals surface area (Å²) in [5.41, 5.74) is 0.749. The molecule has 0 bridgehead atoms. The molecule has 0 saturated heterocycles. The molecule has 2 atom stereocenters. The predicted molar refractivity (Wildman–Crippen MR) is 72.1 cm³/mol. The number of amides is 1. The van der Waals surface area contributed by atoms with Crippen LogP contribution in [0.5, 0.6) is 0 Å². The van der Waals surface area contributed by atoms with Gasteiger partial charge in [0.15, 0.2) is 0 Å². The van der Waals surface area contributed by atoms with Crippen molar-refractivity contribution < 1.29 is 4.79 Å². The van der Waals surface area contributed by atoms with Gasteiger partial charge >= 0.3 is 0 Å². The first kappa shape index (κ1) is 12.7. The lowest BCUT2D eigenvalue weighted by molar-refractivity contribution is 0.0928. The smallest absolute Gasteiger partial charge is 0.268 e. The average molecular weight is 299 g/mol. The van der Waals surface area contributed by atoms with E-state index in [2.05, 4.69) is 28.2 Å². The van der Waals surface area contributed by atoms with Crippen LogP contribution >= 0.6 is 15.9 Å². The molecule has 1 aromatic heterocycles. The van der Waals surface area contributed by atoms with E-state index >= 15 is 0 Å². The number of rotatable bonds is 3. The van der Waals surface area contributed by atoms with E-state index in [0.29, 0.717) is 6.04 Å². The summed E-state index contributed by atoms with van der Waals surface area (Å²) in [5, 5.41) is 3.13. The lowest BCUT2D eigenvalue weighted by Gasteiger charge is -2.13. The molecule has 1 heterocycles. The summed E-state index contributed by atoms with van der Waals surface area (Å²) in [7, 11) is 0. The van der Waals surface area contributed by atoms with Crippen molar-refractivity contribution in [3.05, 3.63) is 22.4 Å². The molecule has 17 heavy (non-hydrogen) atoms. The summed E-state index contributed by atoms with van der Waals surface area (Å²) in [5.74, 6) is 0.793. The highest BCUT2D eigenvalue weighted by Crippen LogP contribution is 2.25. The summed E-state index contributed by atoms with van der Waals surface area (Å²) < 4.78 is 2.93. The van der Waals surface area contributed by atoms with Crippen LogP contribution in [0, 0.1) is 5.92 Å². The summed E-state index contributed by atoms with van der Waals surface area (Å²) in [6, 6.07) is 2.24. The first-order valence-corrected chi connectivity index (χ1v) is 7.06. The van der Waals surface area contributed by atoms with Gasteiger partial charge in [0.2, 0.25) is 0 Å². The van der Waals surface area contributed by atoms with E-state index in [-0.39, 0.29) is 5.91 Å². The van der Waals surface area contributed by atoms with Crippen LogP contribution in [0.2, 0.25) is 0 Å². The van der Waals surface area contributed by atoms with Crippen molar-refractivity contribution >= 4 is 21.8 Å². The van der Waals surface area contributed by atoms with Crippen molar-refractivity contribution in [2.75, 3.05) is 0 Å². The molecule has 1 aromatic rings. The van der Waals surface area contributed by atoms with Gasteiger partial charge in [0.05, 0.1) is 0 Å². The Labute approximate surface area is 111 Å². The number of aryl methyl sites for hydroxylation is 1. The quantitative estimate of drug-likeness (QED) is 0.914. The Balaban J connectivity index is 2.04. The number of nitrogens with one attached hydrogen (secondary N) is 1. The average Bonchev–Trinajstić information content (AvgIpc) is 2.84. The number of hydrogen-bond donors (Lipinski definition) is 1. The summed E-state index contributed by atoms with van der Waals surface area (Å²) >= 11 is 3.41. The normalized spacial score (nSPS) is 23.9. The molecule has 1 saturated carbocycles. The van der Waals surface area contributed by atoms with E-state index in [1.807, 2.05) is 23.8 Å². The lowest BCUT2D eigenvalue weighted by Crippen LogP contribution is -2.34. The van der Waals surface area contributed by atoms with E-state index in [0.717, 1.165) is 35.5 Å². The molecule has 1 amide bonds. The third kappa shape index (κ3) is 2.92. The van der Waals surface area contributed by atoms with E-state index in [9.17, 15) is 4.79 Å². The second-order valence-electron chi connectivity index (χ2n) is 4.92. The van der Waals surface area contributed by atoms with Gasteiger partial charge < -0.3 is 9.88 Å². The van der Waals surface area contributed by atoms with Crippen LogP contribution in [-0.4, -0.2) is 16.5 Å². The molecule has 2 rings (SSSR count). The van der Waals surface area contributed by atoms with E-state index in [1.165, 1.54) is 6.42 Å². The summed E-state index contributed by atoms with van der Waals surface area (Å²) in [6.45, 7) is 5.10. The van der Waals surface area contributed by atoms with E-state index in [1.54, 1.807) is 0 Å². The number of carbonyl (C=O) groups is 1. The Bertz CT molecular complexity index is 414. The van der Waals surface area contributed by atoms with Crippen LogP contribution in [0.15, 0.2) is 16.7 Å². The highest BCUT2D eigenvalue weighted by atomic mass is 79.9. The van der Waals surface area contributed by atoms with Gasteiger partial charge in [0, 0.05) is 23.3 Å². The predicted octanol–water partition coefficient (Wildman–Crippen LogP) is 3.19.